The van der Waals surface area contributed by atoms with Gasteiger partial charge in [0.25, 0.3) is 0 Å². The Bertz CT molecular complexity index is 440. The van der Waals surface area contributed by atoms with Gasteiger partial charge < -0.3 is 10.6 Å². The Kier molecular flexibility index (Phi) is 4.12. The zero-order valence-electron chi connectivity index (χ0n) is 11.0. The topological polar surface area (TPSA) is 36.4 Å². The van der Waals surface area contributed by atoms with Gasteiger partial charge in [0.1, 0.15) is 0 Å². The molecule has 18 heavy (non-hydrogen) atoms. The van der Waals surface area contributed by atoms with E-state index in [1.807, 2.05) is 18.2 Å². The van der Waals surface area contributed by atoms with E-state index >= 15 is 0 Å². The van der Waals surface area contributed by atoms with Crippen molar-refractivity contribution in [1.29, 1.82) is 0 Å². The molecule has 1 aromatic rings. The Hall–Kier alpha value is -1.22. The monoisotopic (exact) mass is 265 g/mol. The van der Waals surface area contributed by atoms with E-state index in [1.54, 1.807) is 0 Å². The summed E-state index contributed by atoms with van der Waals surface area (Å²) in [6.07, 6.45) is 1.11. The molecule has 2 rings (SSSR count). The highest BCUT2D eigenvalue weighted by Crippen LogP contribution is 2.24. The third-order valence-corrected chi connectivity index (χ3v) is 3.44. The van der Waals surface area contributed by atoms with Gasteiger partial charge >= 0.3 is 0 Å². The Morgan fingerprint density at radius 2 is 2.28 bits per heavy atom. The fourth-order valence-corrected chi connectivity index (χ4v) is 2.16. The van der Waals surface area contributed by atoms with E-state index in [1.165, 1.54) is 5.56 Å². The molecule has 0 amide bonds. The molecule has 3 nitrogen and oxygen atoms in total. The van der Waals surface area contributed by atoms with E-state index in [-0.39, 0.29) is 5.41 Å². The van der Waals surface area contributed by atoms with Crippen molar-refractivity contribution in [3.8, 4) is 0 Å². The van der Waals surface area contributed by atoms with E-state index in [0.29, 0.717) is 0 Å². The molecule has 0 bridgehead atoms. The summed E-state index contributed by atoms with van der Waals surface area (Å²) in [6, 6.07) is 8.04. The van der Waals surface area contributed by atoms with Crippen LogP contribution in [0.5, 0.6) is 0 Å². The average Bonchev–Trinajstić information content (AvgIpc) is 2.38. The number of rotatable bonds is 3. The lowest BCUT2D eigenvalue weighted by atomic mass is 9.84. The quantitative estimate of drug-likeness (QED) is 0.881. The SMILES string of the molecule is CC(C)(CNC1=NCCCN1)c1cccc(Cl)c1. The Morgan fingerprint density at radius 1 is 1.44 bits per heavy atom. The molecule has 0 saturated carbocycles. The molecule has 0 saturated heterocycles. The van der Waals surface area contributed by atoms with Crippen LogP contribution in [-0.2, 0) is 5.41 Å². The zero-order valence-corrected chi connectivity index (χ0v) is 11.7. The van der Waals surface area contributed by atoms with Crippen LogP contribution in [0.3, 0.4) is 0 Å². The van der Waals surface area contributed by atoms with Crippen LogP contribution in [0.1, 0.15) is 25.8 Å². The van der Waals surface area contributed by atoms with Gasteiger partial charge in [-0.2, -0.15) is 0 Å². The van der Waals surface area contributed by atoms with Gasteiger partial charge in [-0.3, -0.25) is 4.99 Å². The van der Waals surface area contributed by atoms with Gasteiger partial charge in [0.15, 0.2) is 5.96 Å². The van der Waals surface area contributed by atoms with E-state index < -0.39 is 0 Å². The fraction of sp³-hybridized carbons (Fsp3) is 0.500. The average molecular weight is 266 g/mol. The van der Waals surface area contributed by atoms with E-state index in [2.05, 4.69) is 35.5 Å². The van der Waals surface area contributed by atoms with Gasteiger partial charge in [-0.15, -0.1) is 0 Å². The molecule has 98 valence electrons. The Labute approximate surface area is 114 Å². The summed E-state index contributed by atoms with van der Waals surface area (Å²) in [5.41, 5.74) is 1.26. The maximum atomic E-state index is 6.04. The third kappa shape index (κ3) is 3.39. The van der Waals surface area contributed by atoms with Crippen LogP contribution < -0.4 is 10.6 Å². The van der Waals surface area contributed by atoms with Gasteiger partial charge in [-0.05, 0) is 24.1 Å². The second-order valence-electron chi connectivity index (χ2n) is 5.26. The first-order valence-electron chi connectivity index (χ1n) is 6.36. The molecule has 0 aliphatic carbocycles. The minimum atomic E-state index is 0.0204. The third-order valence-electron chi connectivity index (χ3n) is 3.20. The van der Waals surface area contributed by atoms with Crippen LogP contribution in [0, 0.1) is 0 Å². The molecule has 1 aliphatic rings. The lowest BCUT2D eigenvalue weighted by molar-refractivity contribution is 0.506. The molecule has 0 fully saturated rings. The summed E-state index contributed by atoms with van der Waals surface area (Å²) in [5.74, 6) is 0.913. The standard InChI is InChI=1S/C14H20ClN3/c1-14(2,11-5-3-6-12(15)9-11)10-18-13-16-7-4-8-17-13/h3,5-6,9H,4,7-8,10H2,1-2H3,(H2,16,17,18). The summed E-state index contributed by atoms with van der Waals surface area (Å²) < 4.78 is 0. The van der Waals surface area contributed by atoms with Crippen LogP contribution in [0.4, 0.5) is 0 Å². The van der Waals surface area contributed by atoms with Gasteiger partial charge in [0.2, 0.25) is 0 Å². The first kappa shape index (κ1) is 13.2. The van der Waals surface area contributed by atoms with Crippen molar-refractivity contribution in [2.75, 3.05) is 19.6 Å². The fourth-order valence-electron chi connectivity index (χ4n) is 1.97. The maximum absolute atomic E-state index is 6.04. The number of nitrogens with zero attached hydrogens (tertiary/aromatic N) is 1. The minimum absolute atomic E-state index is 0.0204. The number of hydrogen-bond donors (Lipinski definition) is 2. The Morgan fingerprint density at radius 3 is 2.94 bits per heavy atom. The van der Waals surface area contributed by atoms with E-state index in [9.17, 15) is 0 Å². The predicted octanol–water partition coefficient (Wildman–Crippen LogP) is 2.56. The number of nitrogens with one attached hydrogen (secondary N) is 2. The van der Waals surface area contributed by atoms with Crippen LogP contribution in [-0.4, -0.2) is 25.6 Å². The molecule has 0 radical (unpaired) electrons. The molecule has 1 aliphatic heterocycles. The summed E-state index contributed by atoms with van der Waals surface area (Å²) in [4.78, 5) is 4.41. The number of aliphatic imine (C=N–C) groups is 1. The van der Waals surface area contributed by atoms with Crippen LogP contribution in [0.25, 0.3) is 0 Å². The maximum Gasteiger partial charge on any atom is 0.191 e. The van der Waals surface area contributed by atoms with Crippen molar-refractivity contribution in [2.24, 2.45) is 4.99 Å². The normalized spacial score (nSPS) is 15.8. The van der Waals surface area contributed by atoms with Crippen LogP contribution in [0.2, 0.25) is 5.02 Å². The van der Waals surface area contributed by atoms with Gasteiger partial charge in [-0.25, -0.2) is 0 Å². The summed E-state index contributed by atoms with van der Waals surface area (Å²) in [6.45, 7) is 7.15. The minimum Gasteiger partial charge on any atom is -0.356 e. The molecule has 0 unspecified atom stereocenters. The van der Waals surface area contributed by atoms with Crippen molar-refractivity contribution in [3.05, 3.63) is 34.9 Å². The lowest BCUT2D eigenvalue weighted by Crippen LogP contribution is -2.45. The number of guanidine groups is 1. The van der Waals surface area contributed by atoms with Gasteiger partial charge in [0.05, 0.1) is 0 Å². The highest BCUT2D eigenvalue weighted by Gasteiger charge is 2.21. The molecule has 0 spiro atoms. The molecule has 2 N–H and O–H groups in total. The number of hydrogen-bond acceptors (Lipinski definition) is 3. The van der Waals surface area contributed by atoms with Crippen LogP contribution in [0.15, 0.2) is 29.3 Å². The van der Waals surface area contributed by atoms with Crippen molar-refractivity contribution >= 4 is 17.6 Å². The molecular weight excluding hydrogens is 246 g/mol. The largest absolute Gasteiger partial charge is 0.356 e. The summed E-state index contributed by atoms with van der Waals surface area (Å²) in [7, 11) is 0. The molecular formula is C14H20ClN3. The lowest BCUT2D eigenvalue weighted by Gasteiger charge is -2.27. The van der Waals surface area contributed by atoms with E-state index in [0.717, 1.165) is 37.0 Å². The number of benzene rings is 1. The highest BCUT2D eigenvalue weighted by atomic mass is 35.5. The van der Waals surface area contributed by atoms with Gasteiger partial charge in [0, 0.05) is 30.1 Å². The van der Waals surface area contributed by atoms with Crippen molar-refractivity contribution in [1.82, 2.24) is 10.6 Å². The highest BCUT2D eigenvalue weighted by molar-refractivity contribution is 6.30. The number of halogens is 1. The van der Waals surface area contributed by atoms with E-state index in [4.69, 9.17) is 11.6 Å². The zero-order chi connectivity index (χ0) is 13.0. The molecule has 0 aromatic heterocycles. The first-order chi connectivity index (χ1) is 8.58. The molecule has 1 aromatic carbocycles. The van der Waals surface area contributed by atoms with Gasteiger partial charge in [-0.1, -0.05) is 37.6 Å². The molecule has 4 heteroatoms. The van der Waals surface area contributed by atoms with Crippen molar-refractivity contribution in [2.45, 2.75) is 25.7 Å². The smallest absolute Gasteiger partial charge is 0.191 e. The summed E-state index contributed by atoms with van der Waals surface area (Å²) >= 11 is 6.04. The molecule has 0 atom stereocenters. The predicted molar refractivity (Wildman–Crippen MR) is 77.4 cm³/mol. The second kappa shape index (κ2) is 5.61. The van der Waals surface area contributed by atoms with Crippen LogP contribution >= 0.6 is 11.6 Å². The van der Waals surface area contributed by atoms with Crippen molar-refractivity contribution < 1.29 is 0 Å². The van der Waals surface area contributed by atoms with Crippen molar-refractivity contribution in [3.63, 3.8) is 0 Å². The second-order valence-corrected chi connectivity index (χ2v) is 5.69. The Balaban J connectivity index is 2.00. The summed E-state index contributed by atoms with van der Waals surface area (Å²) in [5, 5.41) is 7.43. The first-order valence-corrected chi connectivity index (χ1v) is 6.74. The molecule has 1 heterocycles.